The topological polar surface area (TPSA) is 8.81 Å². The number of nitrogens with zero attached hydrogens (tertiary/aromatic N) is 2. The van der Waals surface area contributed by atoms with Crippen LogP contribution in [-0.4, -0.2) is 4.57 Å². The zero-order valence-corrected chi connectivity index (χ0v) is 14.6. The number of hydrogen-bond acceptors (Lipinski definition) is 0. The molecule has 0 fully saturated rings. The average Bonchev–Trinajstić information content (AvgIpc) is 3.09. The Morgan fingerprint density at radius 2 is 1.33 bits per heavy atom. The molecule has 0 atom stereocenters. The fourth-order valence-electron chi connectivity index (χ4n) is 2.86. The second kappa shape index (κ2) is 6.46. The van der Waals surface area contributed by atoms with Crippen molar-refractivity contribution in [2.75, 3.05) is 0 Å². The van der Waals surface area contributed by atoms with Crippen molar-refractivity contribution in [1.82, 2.24) is 4.57 Å². The first-order chi connectivity index (χ1) is 11.8. The van der Waals surface area contributed by atoms with Gasteiger partial charge < -0.3 is 0 Å². The molecule has 0 aliphatic carbocycles. The van der Waals surface area contributed by atoms with Crippen LogP contribution in [0.1, 0.15) is 0 Å². The Kier molecular flexibility index (Phi) is 4.01. The lowest BCUT2D eigenvalue weighted by Crippen LogP contribution is -2.31. The van der Waals surface area contributed by atoms with E-state index in [1.807, 2.05) is 12.1 Å². The van der Waals surface area contributed by atoms with Crippen molar-refractivity contribution in [2.24, 2.45) is 0 Å². The Labute approximate surface area is 149 Å². The molecule has 4 rings (SSSR count). The van der Waals surface area contributed by atoms with E-state index in [2.05, 4.69) is 110 Å². The molecule has 0 N–H and O–H groups in total. The molecule has 0 bridgehead atoms. The molecule has 0 amide bonds. The van der Waals surface area contributed by atoms with E-state index in [-0.39, 0.29) is 0 Å². The third-order valence-corrected chi connectivity index (χ3v) is 4.52. The number of hydrogen-bond donors (Lipinski definition) is 0. The van der Waals surface area contributed by atoms with Crippen LogP contribution in [0, 0.1) is 0 Å². The first-order valence-electron chi connectivity index (χ1n) is 7.83. The molecule has 1 aromatic heterocycles. The van der Waals surface area contributed by atoms with Crippen molar-refractivity contribution >= 4 is 15.9 Å². The predicted molar refractivity (Wildman–Crippen MR) is 100 cm³/mol. The Bertz CT molecular complexity index is 885. The van der Waals surface area contributed by atoms with Crippen LogP contribution in [-0.2, 0) is 0 Å². The predicted octanol–water partition coefficient (Wildman–Crippen LogP) is 5.18. The van der Waals surface area contributed by atoms with Gasteiger partial charge in [0.25, 0.3) is 5.82 Å². The lowest BCUT2D eigenvalue weighted by molar-refractivity contribution is -0.582. The number of imidazole rings is 1. The summed E-state index contributed by atoms with van der Waals surface area (Å²) in [7, 11) is 0. The maximum atomic E-state index is 3.52. The summed E-state index contributed by atoms with van der Waals surface area (Å²) in [6, 6.07) is 29.2. The van der Waals surface area contributed by atoms with Gasteiger partial charge in [0.15, 0.2) is 0 Å². The van der Waals surface area contributed by atoms with Crippen molar-refractivity contribution < 1.29 is 4.57 Å². The van der Waals surface area contributed by atoms with Gasteiger partial charge in [-0.05, 0) is 48.5 Å². The summed E-state index contributed by atoms with van der Waals surface area (Å²) in [5, 5.41) is 0. The first-order valence-corrected chi connectivity index (χ1v) is 8.62. The molecule has 0 unspecified atom stereocenters. The zero-order valence-electron chi connectivity index (χ0n) is 13.0. The molecule has 3 aromatic carbocycles. The third kappa shape index (κ3) is 2.79. The van der Waals surface area contributed by atoms with Crippen LogP contribution in [0.5, 0.6) is 0 Å². The molecule has 0 saturated carbocycles. The fraction of sp³-hybridized carbons (Fsp3) is 0. The average molecular weight is 376 g/mol. The molecule has 1 heterocycles. The van der Waals surface area contributed by atoms with Gasteiger partial charge in [0.2, 0.25) is 0 Å². The van der Waals surface area contributed by atoms with E-state index in [1.165, 1.54) is 0 Å². The molecule has 24 heavy (non-hydrogen) atoms. The van der Waals surface area contributed by atoms with Crippen LogP contribution in [0.3, 0.4) is 0 Å². The van der Waals surface area contributed by atoms with Gasteiger partial charge in [0, 0.05) is 4.47 Å². The van der Waals surface area contributed by atoms with Crippen LogP contribution in [0.2, 0.25) is 0 Å². The highest BCUT2D eigenvalue weighted by Crippen LogP contribution is 2.23. The Morgan fingerprint density at radius 1 is 0.708 bits per heavy atom. The fourth-order valence-corrected chi connectivity index (χ4v) is 3.13. The highest BCUT2D eigenvalue weighted by atomic mass is 79.9. The SMILES string of the molecule is Brc1ccc(-c2n(-c3ccccc3)cc[n+]2-c2ccccc2)cc1. The van der Waals surface area contributed by atoms with E-state index >= 15 is 0 Å². The monoisotopic (exact) mass is 375 g/mol. The van der Waals surface area contributed by atoms with Gasteiger partial charge in [-0.2, -0.15) is 9.13 Å². The molecule has 0 saturated heterocycles. The Balaban J connectivity index is 1.96. The summed E-state index contributed by atoms with van der Waals surface area (Å²) in [4.78, 5) is 0. The normalized spacial score (nSPS) is 10.7. The van der Waals surface area contributed by atoms with Crippen LogP contribution in [0.25, 0.3) is 22.8 Å². The molecule has 2 nitrogen and oxygen atoms in total. The largest absolute Gasteiger partial charge is 0.299 e. The first kappa shape index (κ1) is 14.9. The van der Waals surface area contributed by atoms with E-state index < -0.39 is 0 Å². The van der Waals surface area contributed by atoms with E-state index in [1.54, 1.807) is 0 Å². The molecule has 0 radical (unpaired) electrons. The van der Waals surface area contributed by atoms with E-state index in [9.17, 15) is 0 Å². The van der Waals surface area contributed by atoms with E-state index in [4.69, 9.17) is 0 Å². The lowest BCUT2D eigenvalue weighted by atomic mass is 10.2. The summed E-state index contributed by atoms with van der Waals surface area (Å²) >= 11 is 3.52. The molecule has 0 aliphatic heterocycles. The second-order valence-electron chi connectivity index (χ2n) is 5.54. The van der Waals surface area contributed by atoms with Crippen molar-refractivity contribution in [3.63, 3.8) is 0 Å². The molecule has 0 spiro atoms. The number of benzene rings is 3. The van der Waals surface area contributed by atoms with Gasteiger partial charge in [-0.15, -0.1) is 0 Å². The van der Waals surface area contributed by atoms with Crippen LogP contribution in [0.15, 0.2) is 102 Å². The minimum atomic E-state index is 1.08. The zero-order chi connectivity index (χ0) is 16.4. The van der Waals surface area contributed by atoms with Gasteiger partial charge in [0.05, 0.1) is 5.56 Å². The number of rotatable bonds is 3. The van der Waals surface area contributed by atoms with Crippen molar-refractivity contribution in [3.8, 4) is 22.8 Å². The summed E-state index contributed by atoms with van der Waals surface area (Å²) < 4.78 is 5.52. The lowest BCUT2D eigenvalue weighted by Gasteiger charge is -2.05. The van der Waals surface area contributed by atoms with Crippen molar-refractivity contribution in [2.45, 2.75) is 0 Å². The van der Waals surface area contributed by atoms with Gasteiger partial charge in [0.1, 0.15) is 23.8 Å². The molecule has 116 valence electrons. The summed E-state index contributed by atoms with van der Waals surface area (Å²) in [5.74, 6) is 1.12. The summed E-state index contributed by atoms with van der Waals surface area (Å²) in [6.45, 7) is 0. The highest BCUT2D eigenvalue weighted by Gasteiger charge is 2.22. The Hall–Kier alpha value is -2.65. The molecule has 4 aromatic rings. The van der Waals surface area contributed by atoms with Gasteiger partial charge >= 0.3 is 0 Å². The van der Waals surface area contributed by atoms with Crippen LogP contribution < -0.4 is 4.57 Å². The molecular formula is C21H16BrN2+. The third-order valence-electron chi connectivity index (χ3n) is 3.99. The number of para-hydroxylation sites is 2. The standard InChI is InChI=1S/C21H16BrN2/c22-18-13-11-17(12-14-18)21-23(19-7-3-1-4-8-19)15-16-24(21)20-9-5-2-6-10-20/h1-16H/q+1. The van der Waals surface area contributed by atoms with Crippen LogP contribution >= 0.6 is 15.9 Å². The Morgan fingerprint density at radius 3 is 2.00 bits per heavy atom. The number of halogens is 1. The van der Waals surface area contributed by atoms with Gasteiger partial charge in [-0.3, -0.25) is 0 Å². The maximum Gasteiger partial charge on any atom is 0.299 e. The quantitative estimate of drug-likeness (QED) is 0.436. The van der Waals surface area contributed by atoms with Gasteiger partial charge in [-0.25, -0.2) is 0 Å². The van der Waals surface area contributed by atoms with Gasteiger partial charge in [-0.1, -0.05) is 52.3 Å². The molecule has 0 aliphatic rings. The summed E-state index contributed by atoms with van der Waals surface area (Å²) in [6.07, 6.45) is 4.22. The smallest absolute Gasteiger partial charge is 0.195 e. The van der Waals surface area contributed by atoms with E-state index in [0.29, 0.717) is 0 Å². The van der Waals surface area contributed by atoms with E-state index in [0.717, 1.165) is 27.2 Å². The minimum Gasteiger partial charge on any atom is -0.195 e. The summed E-state index contributed by atoms with van der Waals surface area (Å²) in [5.41, 5.74) is 3.45. The van der Waals surface area contributed by atoms with Crippen LogP contribution in [0.4, 0.5) is 0 Å². The maximum absolute atomic E-state index is 3.52. The van der Waals surface area contributed by atoms with Crippen molar-refractivity contribution in [3.05, 3.63) is 102 Å². The van der Waals surface area contributed by atoms with Crippen molar-refractivity contribution in [1.29, 1.82) is 0 Å². The molecule has 3 heteroatoms. The number of aromatic nitrogens is 2. The molecular weight excluding hydrogens is 360 g/mol. The second-order valence-corrected chi connectivity index (χ2v) is 6.46. The minimum absolute atomic E-state index is 1.08. The highest BCUT2D eigenvalue weighted by molar-refractivity contribution is 9.10.